The first kappa shape index (κ1) is 16.5. The van der Waals surface area contributed by atoms with Gasteiger partial charge in [0.25, 0.3) is 0 Å². The van der Waals surface area contributed by atoms with Crippen LogP contribution >= 0.6 is 11.3 Å². The van der Waals surface area contributed by atoms with E-state index in [0.717, 1.165) is 6.54 Å². The molecule has 1 aromatic heterocycles. The number of piperidine rings is 1. The zero-order valence-electron chi connectivity index (χ0n) is 12.8. The first-order chi connectivity index (χ1) is 10.7. The van der Waals surface area contributed by atoms with Crippen LogP contribution in [0.1, 0.15) is 31.1 Å². The van der Waals surface area contributed by atoms with Gasteiger partial charge in [-0.25, -0.2) is 4.99 Å². The Balaban J connectivity index is 1.82. The molecule has 1 saturated heterocycles. The second-order valence-corrected chi connectivity index (χ2v) is 6.03. The van der Waals surface area contributed by atoms with Crippen molar-refractivity contribution in [1.29, 1.82) is 0 Å². The smallest absolute Gasteiger partial charge is 0.229 e. The number of carbonyl (C=O) groups excluding carboxylic acids is 2. The summed E-state index contributed by atoms with van der Waals surface area (Å²) in [5.74, 6) is 0.560. The minimum absolute atomic E-state index is 0.0708. The fourth-order valence-electron chi connectivity index (χ4n) is 2.24. The minimum atomic E-state index is -0.0708. The molecule has 0 atom stereocenters. The lowest BCUT2D eigenvalue weighted by atomic mass is 10.1. The van der Waals surface area contributed by atoms with Crippen molar-refractivity contribution >= 4 is 29.1 Å². The van der Waals surface area contributed by atoms with E-state index >= 15 is 0 Å². The molecular weight excluding hydrogens is 300 g/mol. The van der Waals surface area contributed by atoms with Gasteiger partial charge in [-0.2, -0.15) is 0 Å². The van der Waals surface area contributed by atoms with E-state index in [1.807, 2.05) is 24.4 Å². The molecule has 1 aliphatic heterocycles. The summed E-state index contributed by atoms with van der Waals surface area (Å²) in [6.45, 7) is 4.28. The normalized spacial score (nSPS) is 16.0. The zero-order valence-corrected chi connectivity index (χ0v) is 13.6. The van der Waals surface area contributed by atoms with Crippen LogP contribution in [0.15, 0.2) is 22.5 Å². The SMILES string of the molecule is CCNC(=NCc1cccs1)NCCN1C(=O)CCCC1=O. The van der Waals surface area contributed by atoms with E-state index in [1.54, 1.807) is 11.3 Å². The van der Waals surface area contributed by atoms with E-state index in [-0.39, 0.29) is 11.8 Å². The highest BCUT2D eigenvalue weighted by molar-refractivity contribution is 7.09. The number of imide groups is 1. The van der Waals surface area contributed by atoms with Crippen molar-refractivity contribution in [3.8, 4) is 0 Å². The second kappa shape index (κ2) is 8.53. The Morgan fingerprint density at radius 3 is 2.73 bits per heavy atom. The molecule has 2 amide bonds. The van der Waals surface area contributed by atoms with Crippen LogP contribution in [0.3, 0.4) is 0 Å². The van der Waals surface area contributed by atoms with Crippen molar-refractivity contribution in [2.24, 2.45) is 4.99 Å². The number of hydrogen-bond donors (Lipinski definition) is 2. The molecule has 7 heteroatoms. The van der Waals surface area contributed by atoms with Gasteiger partial charge in [0.1, 0.15) is 0 Å². The number of guanidine groups is 1. The molecule has 6 nitrogen and oxygen atoms in total. The summed E-state index contributed by atoms with van der Waals surface area (Å²) in [4.78, 5) is 30.5. The van der Waals surface area contributed by atoms with Gasteiger partial charge in [0.2, 0.25) is 11.8 Å². The number of hydrogen-bond acceptors (Lipinski definition) is 4. The van der Waals surface area contributed by atoms with E-state index in [4.69, 9.17) is 0 Å². The van der Waals surface area contributed by atoms with Crippen molar-refractivity contribution in [2.75, 3.05) is 19.6 Å². The van der Waals surface area contributed by atoms with Gasteiger partial charge in [0, 0.05) is 37.4 Å². The summed E-state index contributed by atoms with van der Waals surface area (Å²) < 4.78 is 0. The molecule has 22 heavy (non-hydrogen) atoms. The van der Waals surface area contributed by atoms with E-state index in [2.05, 4.69) is 15.6 Å². The van der Waals surface area contributed by atoms with Gasteiger partial charge < -0.3 is 10.6 Å². The largest absolute Gasteiger partial charge is 0.357 e. The lowest BCUT2D eigenvalue weighted by Crippen LogP contribution is -2.46. The monoisotopic (exact) mass is 322 g/mol. The van der Waals surface area contributed by atoms with Crippen LogP contribution in [0.5, 0.6) is 0 Å². The maximum absolute atomic E-state index is 11.7. The van der Waals surface area contributed by atoms with E-state index in [1.165, 1.54) is 9.78 Å². The summed E-state index contributed by atoms with van der Waals surface area (Å²) in [6, 6.07) is 4.05. The number of carbonyl (C=O) groups is 2. The molecule has 0 bridgehead atoms. The molecule has 0 saturated carbocycles. The van der Waals surface area contributed by atoms with Crippen molar-refractivity contribution < 1.29 is 9.59 Å². The predicted octanol–water partition coefficient (Wildman–Crippen LogP) is 1.34. The molecule has 0 unspecified atom stereocenters. The Kier molecular flexibility index (Phi) is 6.39. The van der Waals surface area contributed by atoms with Gasteiger partial charge in [-0.05, 0) is 24.8 Å². The topological polar surface area (TPSA) is 73.8 Å². The third-order valence-electron chi connectivity index (χ3n) is 3.33. The Morgan fingerprint density at radius 2 is 2.09 bits per heavy atom. The maximum Gasteiger partial charge on any atom is 0.229 e. The molecule has 2 rings (SSSR count). The zero-order chi connectivity index (χ0) is 15.8. The molecular formula is C15H22N4O2S. The summed E-state index contributed by atoms with van der Waals surface area (Å²) >= 11 is 1.67. The van der Waals surface area contributed by atoms with Crippen LogP contribution in [-0.4, -0.2) is 42.3 Å². The fourth-order valence-corrected chi connectivity index (χ4v) is 2.86. The van der Waals surface area contributed by atoms with Crippen LogP contribution in [0.2, 0.25) is 0 Å². The van der Waals surface area contributed by atoms with E-state index in [0.29, 0.717) is 44.9 Å². The molecule has 0 aromatic carbocycles. The van der Waals surface area contributed by atoms with E-state index < -0.39 is 0 Å². The highest BCUT2D eigenvalue weighted by Gasteiger charge is 2.25. The maximum atomic E-state index is 11.7. The van der Waals surface area contributed by atoms with Gasteiger partial charge in [-0.3, -0.25) is 14.5 Å². The second-order valence-electron chi connectivity index (χ2n) is 4.99. The van der Waals surface area contributed by atoms with Gasteiger partial charge in [0.15, 0.2) is 5.96 Å². The number of nitrogens with one attached hydrogen (secondary N) is 2. The Morgan fingerprint density at radius 1 is 1.32 bits per heavy atom. The number of likely N-dealkylation sites (tertiary alicyclic amines) is 1. The molecule has 1 aromatic rings. The molecule has 1 aliphatic rings. The molecule has 0 spiro atoms. The summed E-state index contributed by atoms with van der Waals surface area (Å²) in [5.41, 5.74) is 0. The molecule has 2 heterocycles. The lowest BCUT2D eigenvalue weighted by molar-refractivity contribution is -0.147. The molecule has 120 valence electrons. The van der Waals surface area contributed by atoms with Gasteiger partial charge in [-0.1, -0.05) is 6.07 Å². The van der Waals surface area contributed by atoms with Crippen LogP contribution < -0.4 is 10.6 Å². The van der Waals surface area contributed by atoms with Crippen molar-refractivity contribution in [1.82, 2.24) is 15.5 Å². The van der Waals surface area contributed by atoms with Crippen LogP contribution in [0.25, 0.3) is 0 Å². The Hall–Kier alpha value is -1.89. The van der Waals surface area contributed by atoms with E-state index in [9.17, 15) is 9.59 Å². The summed E-state index contributed by atoms with van der Waals surface area (Å²) in [7, 11) is 0. The average molecular weight is 322 g/mol. The van der Waals surface area contributed by atoms with Crippen molar-refractivity contribution in [3.05, 3.63) is 22.4 Å². The third-order valence-corrected chi connectivity index (χ3v) is 4.19. The number of amides is 2. The number of nitrogens with zero attached hydrogens (tertiary/aromatic N) is 2. The number of thiophene rings is 1. The van der Waals surface area contributed by atoms with Crippen molar-refractivity contribution in [3.63, 3.8) is 0 Å². The molecule has 0 radical (unpaired) electrons. The lowest BCUT2D eigenvalue weighted by Gasteiger charge is -2.25. The summed E-state index contributed by atoms with van der Waals surface area (Å²) in [5, 5.41) is 8.36. The predicted molar refractivity (Wildman–Crippen MR) is 87.7 cm³/mol. The van der Waals surface area contributed by atoms with Crippen molar-refractivity contribution in [2.45, 2.75) is 32.7 Å². The third kappa shape index (κ3) is 4.84. The standard InChI is InChI=1S/C15H22N4O2S/c1-2-16-15(18-11-12-5-4-10-22-12)17-8-9-19-13(20)6-3-7-14(19)21/h4-5,10H,2-3,6-9,11H2,1H3,(H2,16,17,18). The number of aliphatic imine (C=N–C) groups is 1. The fraction of sp³-hybridized carbons (Fsp3) is 0.533. The molecule has 1 fully saturated rings. The highest BCUT2D eigenvalue weighted by atomic mass is 32.1. The van der Waals surface area contributed by atoms with Gasteiger partial charge in [0.05, 0.1) is 6.54 Å². The van der Waals surface area contributed by atoms with Gasteiger partial charge >= 0.3 is 0 Å². The number of rotatable bonds is 6. The average Bonchev–Trinajstić information content (AvgIpc) is 3.01. The van der Waals surface area contributed by atoms with Crippen LogP contribution in [-0.2, 0) is 16.1 Å². The first-order valence-electron chi connectivity index (χ1n) is 7.58. The van der Waals surface area contributed by atoms with Crippen LogP contribution in [0, 0.1) is 0 Å². The Bertz CT molecular complexity index is 512. The highest BCUT2D eigenvalue weighted by Crippen LogP contribution is 2.11. The molecule has 0 aliphatic carbocycles. The van der Waals surface area contributed by atoms with Crippen LogP contribution in [0.4, 0.5) is 0 Å². The quantitative estimate of drug-likeness (QED) is 0.471. The van der Waals surface area contributed by atoms with Gasteiger partial charge in [-0.15, -0.1) is 11.3 Å². The minimum Gasteiger partial charge on any atom is -0.357 e. The molecule has 2 N–H and O–H groups in total. The first-order valence-corrected chi connectivity index (χ1v) is 8.46. The Labute approximate surface area is 134 Å². The summed E-state index contributed by atoms with van der Waals surface area (Å²) in [6.07, 6.45) is 1.61.